The Morgan fingerprint density at radius 3 is 2.40 bits per heavy atom. The molecule has 0 amide bonds. The van der Waals surface area contributed by atoms with E-state index in [9.17, 15) is 4.57 Å². The molecule has 0 radical (unpaired) electrons. The maximum atomic E-state index is 11.1. The van der Waals surface area contributed by atoms with Crippen LogP contribution in [0.15, 0.2) is 0 Å². The van der Waals surface area contributed by atoms with Crippen LogP contribution in [0.2, 0.25) is 0 Å². The summed E-state index contributed by atoms with van der Waals surface area (Å²) in [7, 11) is 3.44. The van der Waals surface area contributed by atoms with Crippen LogP contribution in [0.5, 0.6) is 0 Å². The molecule has 0 heterocycles. The summed E-state index contributed by atoms with van der Waals surface area (Å²) in [6, 6.07) is 0. The molecule has 0 aromatic heterocycles. The second-order valence-electron chi connectivity index (χ2n) is 4.26. The van der Waals surface area contributed by atoms with Crippen molar-refractivity contribution in [2.24, 2.45) is 0 Å². The minimum atomic E-state index is -2.55. The van der Waals surface area contributed by atoms with E-state index in [-0.39, 0.29) is 6.61 Å². The van der Waals surface area contributed by atoms with Gasteiger partial charge in [-0.3, -0.25) is 4.57 Å². The molecule has 0 bridgehead atoms. The fraction of sp³-hybridized carbons (Fsp3) is 1.00. The first-order chi connectivity index (χ1) is 6.85. The first-order valence-electron chi connectivity index (χ1n) is 4.74. The summed E-state index contributed by atoms with van der Waals surface area (Å²) in [6.45, 7) is 0.492. The van der Waals surface area contributed by atoms with Crippen molar-refractivity contribution in [1.82, 2.24) is 0 Å². The molecular formula is C8H21NO5P+. The van der Waals surface area contributed by atoms with Crippen molar-refractivity contribution in [2.45, 2.75) is 6.10 Å². The number of likely N-dealkylation sites (N-methyl/N-ethyl adjacent to an activating group) is 1. The van der Waals surface area contributed by atoms with E-state index >= 15 is 0 Å². The number of rotatable bonds is 8. The number of aliphatic hydroxyl groups is 2. The number of nitrogens with zero attached hydrogens (tertiary/aromatic N) is 1. The zero-order chi connectivity index (χ0) is 11.9. The van der Waals surface area contributed by atoms with Gasteiger partial charge in [0.15, 0.2) is 0 Å². The zero-order valence-corrected chi connectivity index (χ0v) is 10.5. The van der Waals surface area contributed by atoms with E-state index in [2.05, 4.69) is 0 Å². The van der Waals surface area contributed by atoms with Crippen LogP contribution in [-0.2, 0) is 13.6 Å². The minimum Gasteiger partial charge on any atom is -0.394 e. The number of hydrogen-bond acceptors (Lipinski definition) is 5. The lowest BCUT2D eigenvalue weighted by atomic mass is 10.4. The highest BCUT2D eigenvalue weighted by atomic mass is 31.1. The summed E-state index contributed by atoms with van der Waals surface area (Å²) in [5.41, 5.74) is 0. The van der Waals surface area contributed by atoms with E-state index in [1.165, 1.54) is 0 Å². The van der Waals surface area contributed by atoms with Gasteiger partial charge in [-0.05, 0) is 0 Å². The van der Waals surface area contributed by atoms with E-state index in [1.54, 1.807) is 0 Å². The summed E-state index contributed by atoms with van der Waals surface area (Å²) in [5.74, 6) is 0. The normalized spacial score (nSPS) is 16.3. The Morgan fingerprint density at radius 1 is 1.33 bits per heavy atom. The fourth-order valence-corrected chi connectivity index (χ4v) is 1.33. The highest BCUT2D eigenvalue weighted by Gasteiger charge is 2.09. The summed E-state index contributed by atoms with van der Waals surface area (Å²) in [6.07, 6.45) is -0.999. The van der Waals surface area contributed by atoms with Crippen molar-refractivity contribution in [3.8, 4) is 0 Å². The Labute approximate surface area is 91.0 Å². The summed E-state index contributed by atoms with van der Waals surface area (Å²) in [4.78, 5) is 0. The SMILES string of the molecule is C[N+](C)(C)CCO[PH](=O)OC[C@@H](O)CO. The lowest BCUT2D eigenvalue weighted by Gasteiger charge is -2.23. The lowest BCUT2D eigenvalue weighted by Crippen LogP contribution is -2.37. The minimum absolute atomic E-state index is 0.168. The molecule has 15 heavy (non-hydrogen) atoms. The molecule has 0 saturated carbocycles. The number of hydrogen-bond donors (Lipinski definition) is 2. The van der Waals surface area contributed by atoms with E-state index in [0.717, 1.165) is 6.54 Å². The van der Waals surface area contributed by atoms with Crippen molar-refractivity contribution in [1.29, 1.82) is 0 Å². The van der Waals surface area contributed by atoms with Gasteiger partial charge in [-0.1, -0.05) is 0 Å². The average Bonchev–Trinajstić information content (AvgIpc) is 2.12. The first-order valence-corrected chi connectivity index (χ1v) is 5.96. The maximum Gasteiger partial charge on any atom is 0.319 e. The smallest absolute Gasteiger partial charge is 0.319 e. The summed E-state index contributed by atoms with van der Waals surface area (Å²) < 4.78 is 21.5. The van der Waals surface area contributed by atoms with Gasteiger partial charge in [-0.15, -0.1) is 0 Å². The molecule has 0 aliphatic carbocycles. The lowest BCUT2D eigenvalue weighted by molar-refractivity contribution is -0.870. The zero-order valence-electron chi connectivity index (χ0n) is 9.47. The van der Waals surface area contributed by atoms with E-state index in [4.69, 9.17) is 19.3 Å². The van der Waals surface area contributed by atoms with Gasteiger partial charge in [0.2, 0.25) is 0 Å². The third kappa shape index (κ3) is 10.3. The maximum absolute atomic E-state index is 11.1. The monoisotopic (exact) mass is 242 g/mol. The molecule has 6 nitrogen and oxygen atoms in total. The quantitative estimate of drug-likeness (QED) is 0.442. The molecule has 0 aliphatic rings. The Morgan fingerprint density at radius 2 is 1.93 bits per heavy atom. The number of quaternary nitrogens is 1. The highest BCUT2D eigenvalue weighted by Crippen LogP contribution is 2.23. The van der Waals surface area contributed by atoms with Crippen molar-refractivity contribution < 1.29 is 28.3 Å². The van der Waals surface area contributed by atoms with Gasteiger partial charge in [0.1, 0.15) is 19.3 Å². The molecule has 92 valence electrons. The van der Waals surface area contributed by atoms with Gasteiger partial charge in [0.25, 0.3) is 0 Å². The van der Waals surface area contributed by atoms with Crippen LogP contribution in [0, 0.1) is 0 Å². The molecule has 1 unspecified atom stereocenters. The average molecular weight is 242 g/mol. The standard InChI is InChI=1S/C8H21NO5P/c1-9(2,3)4-5-13-15(12)14-7-8(11)6-10/h8,10-11,15H,4-7H2,1-3H3/q+1/t8-/m0/s1. The molecule has 0 aromatic rings. The Kier molecular flexibility index (Phi) is 7.34. The van der Waals surface area contributed by atoms with Gasteiger partial charge >= 0.3 is 8.25 Å². The van der Waals surface area contributed by atoms with Gasteiger partial charge < -0.3 is 23.7 Å². The molecule has 0 aliphatic heterocycles. The van der Waals surface area contributed by atoms with Crippen molar-refractivity contribution in [3.05, 3.63) is 0 Å². The van der Waals surface area contributed by atoms with Crippen LogP contribution in [0.25, 0.3) is 0 Å². The van der Waals surface area contributed by atoms with Gasteiger partial charge in [-0.25, -0.2) is 0 Å². The highest BCUT2D eigenvalue weighted by molar-refractivity contribution is 7.33. The van der Waals surface area contributed by atoms with Crippen LogP contribution in [0.3, 0.4) is 0 Å². The first kappa shape index (κ1) is 15.0. The third-order valence-electron chi connectivity index (χ3n) is 1.59. The molecule has 0 aromatic carbocycles. The molecule has 0 rings (SSSR count). The van der Waals surface area contributed by atoms with Gasteiger partial charge in [0, 0.05) is 0 Å². The second-order valence-corrected chi connectivity index (χ2v) is 5.34. The van der Waals surface area contributed by atoms with Crippen molar-refractivity contribution >= 4 is 8.25 Å². The van der Waals surface area contributed by atoms with Crippen LogP contribution in [-0.4, -0.2) is 68.3 Å². The number of aliphatic hydroxyl groups excluding tert-OH is 2. The molecule has 2 N–H and O–H groups in total. The Bertz CT molecular complexity index is 194. The van der Waals surface area contributed by atoms with Crippen LogP contribution in [0.4, 0.5) is 0 Å². The fourth-order valence-electron chi connectivity index (χ4n) is 0.661. The summed E-state index contributed by atoms with van der Waals surface area (Å²) >= 11 is 0. The van der Waals surface area contributed by atoms with E-state index < -0.39 is 21.0 Å². The predicted octanol–water partition coefficient (Wildman–Crippen LogP) is -0.531. The van der Waals surface area contributed by atoms with E-state index in [0.29, 0.717) is 11.1 Å². The molecule has 0 spiro atoms. The Balaban J connectivity index is 3.50. The molecule has 7 heteroatoms. The van der Waals surface area contributed by atoms with Crippen molar-refractivity contribution in [3.63, 3.8) is 0 Å². The van der Waals surface area contributed by atoms with Gasteiger partial charge in [0.05, 0.1) is 34.4 Å². The van der Waals surface area contributed by atoms with E-state index in [1.807, 2.05) is 21.1 Å². The largest absolute Gasteiger partial charge is 0.394 e. The Hall–Kier alpha value is 0.0300. The molecule has 0 fully saturated rings. The van der Waals surface area contributed by atoms with Crippen LogP contribution in [0.1, 0.15) is 0 Å². The topological polar surface area (TPSA) is 76.0 Å². The van der Waals surface area contributed by atoms with Crippen LogP contribution >= 0.6 is 8.25 Å². The molecular weight excluding hydrogens is 221 g/mol. The molecule has 2 atom stereocenters. The van der Waals surface area contributed by atoms with Crippen LogP contribution < -0.4 is 0 Å². The summed E-state index contributed by atoms with van der Waals surface area (Å²) in [5, 5.41) is 17.4. The predicted molar refractivity (Wildman–Crippen MR) is 56.9 cm³/mol. The molecule has 0 saturated heterocycles. The third-order valence-corrected chi connectivity index (χ3v) is 2.43. The van der Waals surface area contributed by atoms with Gasteiger partial charge in [-0.2, -0.15) is 0 Å². The second kappa shape index (κ2) is 7.33. The van der Waals surface area contributed by atoms with Crippen molar-refractivity contribution in [2.75, 3.05) is 47.5 Å².